The van der Waals surface area contributed by atoms with E-state index in [2.05, 4.69) is 13.0 Å². The molecule has 0 bridgehead atoms. The normalized spacial score (nSPS) is 45.9. The molecular formula is C21H31NO5. The van der Waals surface area contributed by atoms with Gasteiger partial charge < -0.3 is 9.94 Å². The zero-order valence-corrected chi connectivity index (χ0v) is 16.4. The summed E-state index contributed by atoms with van der Waals surface area (Å²) in [7, 11) is 0. The quantitative estimate of drug-likeness (QED) is 0.458. The number of hydrogen-bond donors (Lipinski definition) is 1. The maximum atomic E-state index is 12.4. The van der Waals surface area contributed by atoms with Gasteiger partial charge in [-0.05, 0) is 81.5 Å². The summed E-state index contributed by atoms with van der Waals surface area (Å²) >= 11 is 0. The number of Topliss-reactive ketones (excluding diaryl/α,β-unsaturated/α-hetero) is 1. The third-order valence-corrected chi connectivity index (χ3v) is 8.72. The Morgan fingerprint density at radius 3 is 2.78 bits per heavy atom. The lowest BCUT2D eigenvalue weighted by atomic mass is 9.47. The molecule has 0 aromatic heterocycles. The molecule has 7 atom stereocenters. The fraction of sp³-hybridized carbons (Fsp3) is 0.857. The Hall–Kier alpha value is -1.43. The van der Waals surface area contributed by atoms with Gasteiger partial charge in [-0.1, -0.05) is 18.6 Å². The summed E-state index contributed by atoms with van der Waals surface area (Å²) < 4.78 is 0. The van der Waals surface area contributed by atoms with E-state index in [4.69, 9.17) is 4.84 Å². The molecule has 0 aromatic carbocycles. The van der Waals surface area contributed by atoms with E-state index in [9.17, 15) is 20.0 Å². The van der Waals surface area contributed by atoms with Gasteiger partial charge in [0.25, 0.3) is 5.09 Å². The van der Waals surface area contributed by atoms with Crippen molar-refractivity contribution in [2.24, 2.45) is 34.5 Å². The number of nitrogens with zero attached hydrogens (tertiary/aromatic N) is 1. The van der Waals surface area contributed by atoms with Gasteiger partial charge in [0.1, 0.15) is 12.4 Å². The summed E-state index contributed by atoms with van der Waals surface area (Å²) in [4.78, 5) is 28.2. The number of carbonyl (C=O) groups excluding carboxylic acids is 1. The molecule has 6 heteroatoms. The third-order valence-electron chi connectivity index (χ3n) is 8.72. The Bertz CT molecular complexity index is 675. The van der Waals surface area contributed by atoms with Gasteiger partial charge >= 0.3 is 0 Å². The summed E-state index contributed by atoms with van der Waals surface area (Å²) in [5, 5.41) is 20.3. The molecule has 27 heavy (non-hydrogen) atoms. The van der Waals surface area contributed by atoms with E-state index < -0.39 is 5.09 Å². The summed E-state index contributed by atoms with van der Waals surface area (Å²) in [6.45, 7) is 4.05. The van der Waals surface area contributed by atoms with E-state index >= 15 is 0 Å². The number of aliphatic hydroxyl groups is 1. The van der Waals surface area contributed by atoms with Crippen LogP contribution in [0, 0.1) is 44.6 Å². The minimum Gasteiger partial charge on any atom is -0.393 e. The van der Waals surface area contributed by atoms with Gasteiger partial charge in [-0.15, -0.1) is 10.1 Å². The molecule has 0 spiro atoms. The van der Waals surface area contributed by atoms with E-state index in [1.807, 2.05) is 0 Å². The van der Waals surface area contributed by atoms with Gasteiger partial charge in [0.05, 0.1) is 6.10 Å². The predicted octanol–water partition coefficient (Wildman–Crippen LogP) is 3.70. The molecule has 0 saturated heterocycles. The van der Waals surface area contributed by atoms with Gasteiger partial charge in [-0.3, -0.25) is 4.79 Å². The first-order valence-electron chi connectivity index (χ1n) is 10.4. The maximum Gasteiger partial charge on any atom is 0.294 e. The zero-order valence-electron chi connectivity index (χ0n) is 16.4. The smallest absolute Gasteiger partial charge is 0.294 e. The molecule has 3 fully saturated rings. The standard InChI is InChI=1S/C21H31NO5/c1-13(23)17-5-6-19-16-4-3-14-11-15(24)7-9-20(14,2)18(16)8-10-21(17,19)12-27-22(25)26/h3,15-19,24H,4-12H2,1-2H3/t15?,16-,17-,18+,19+,20+,21+/m1/s1. The highest BCUT2D eigenvalue weighted by atomic mass is 16.9. The van der Waals surface area contributed by atoms with Gasteiger partial charge in [-0.2, -0.15) is 0 Å². The number of rotatable bonds is 4. The molecule has 1 N–H and O–H groups in total. The highest BCUT2D eigenvalue weighted by Crippen LogP contribution is 2.66. The molecule has 1 unspecified atom stereocenters. The second-order valence-corrected chi connectivity index (χ2v) is 9.67. The zero-order chi connectivity index (χ0) is 19.4. The first-order valence-corrected chi connectivity index (χ1v) is 10.4. The fourth-order valence-corrected chi connectivity index (χ4v) is 7.51. The summed E-state index contributed by atoms with van der Waals surface area (Å²) in [6, 6.07) is 0. The first kappa shape index (κ1) is 18.9. The highest BCUT2D eigenvalue weighted by Gasteiger charge is 2.61. The van der Waals surface area contributed by atoms with Gasteiger partial charge in [0.15, 0.2) is 0 Å². The highest BCUT2D eigenvalue weighted by molar-refractivity contribution is 5.79. The number of carbonyl (C=O) groups is 1. The Balaban J connectivity index is 1.67. The lowest BCUT2D eigenvalue weighted by Gasteiger charge is -2.58. The topological polar surface area (TPSA) is 89.7 Å². The van der Waals surface area contributed by atoms with Crippen LogP contribution in [0.25, 0.3) is 0 Å². The molecule has 4 aliphatic rings. The number of fused-ring (bicyclic) bond motifs is 5. The molecule has 0 heterocycles. The van der Waals surface area contributed by atoms with Crippen LogP contribution in [0.5, 0.6) is 0 Å². The molecular weight excluding hydrogens is 346 g/mol. The predicted molar refractivity (Wildman–Crippen MR) is 99.2 cm³/mol. The molecule has 150 valence electrons. The summed E-state index contributed by atoms with van der Waals surface area (Å²) in [6.07, 6.45) is 9.38. The van der Waals surface area contributed by atoms with Crippen LogP contribution < -0.4 is 0 Å². The molecule has 0 radical (unpaired) electrons. The van der Waals surface area contributed by atoms with Gasteiger partial charge in [0, 0.05) is 11.3 Å². The SMILES string of the molecule is CC(=O)[C@H]1CC[C@H]2[C@@H]3CC=C4CC(O)CC[C@]4(C)[C@H]3CC[C@]12CO[N+](=O)[O-]. The lowest BCUT2D eigenvalue weighted by Crippen LogP contribution is -2.53. The van der Waals surface area contributed by atoms with Crippen LogP contribution in [0.15, 0.2) is 11.6 Å². The number of ketones is 1. The van der Waals surface area contributed by atoms with Crippen molar-refractivity contribution in [2.45, 2.75) is 71.3 Å². The molecule has 4 rings (SSSR count). The van der Waals surface area contributed by atoms with Crippen LogP contribution in [0.3, 0.4) is 0 Å². The maximum absolute atomic E-state index is 12.4. The molecule has 0 aromatic rings. The van der Waals surface area contributed by atoms with Crippen LogP contribution in [0.2, 0.25) is 0 Å². The second-order valence-electron chi connectivity index (χ2n) is 9.67. The minimum absolute atomic E-state index is 0.0597. The molecule has 4 aliphatic carbocycles. The molecule has 3 saturated carbocycles. The third kappa shape index (κ3) is 2.82. The van der Waals surface area contributed by atoms with Crippen LogP contribution in [0.4, 0.5) is 0 Å². The minimum atomic E-state index is -0.698. The Kier molecular flexibility index (Phi) is 4.60. The first-order chi connectivity index (χ1) is 12.8. The van der Waals surface area contributed by atoms with Crippen molar-refractivity contribution in [3.05, 3.63) is 21.8 Å². The van der Waals surface area contributed by atoms with Crippen molar-refractivity contribution in [1.29, 1.82) is 0 Å². The van der Waals surface area contributed by atoms with Crippen molar-refractivity contribution in [1.82, 2.24) is 0 Å². The average molecular weight is 377 g/mol. The van der Waals surface area contributed by atoms with Crippen LogP contribution in [0.1, 0.15) is 65.2 Å². The van der Waals surface area contributed by atoms with Crippen LogP contribution in [-0.4, -0.2) is 28.7 Å². The molecule has 0 aliphatic heterocycles. The monoisotopic (exact) mass is 377 g/mol. The van der Waals surface area contributed by atoms with E-state index in [1.54, 1.807) is 6.92 Å². The fourth-order valence-electron chi connectivity index (χ4n) is 7.51. The number of aliphatic hydroxyl groups excluding tert-OH is 1. The molecule has 6 nitrogen and oxygen atoms in total. The molecule has 0 amide bonds. The van der Waals surface area contributed by atoms with E-state index in [0.717, 1.165) is 51.4 Å². The summed E-state index contributed by atoms with van der Waals surface area (Å²) in [5.74, 6) is 1.36. The van der Waals surface area contributed by atoms with E-state index in [1.165, 1.54) is 5.57 Å². The van der Waals surface area contributed by atoms with Crippen molar-refractivity contribution >= 4 is 5.78 Å². The Morgan fingerprint density at radius 2 is 2.07 bits per heavy atom. The van der Waals surface area contributed by atoms with Crippen molar-refractivity contribution < 1.29 is 19.8 Å². The Labute approximate surface area is 160 Å². The van der Waals surface area contributed by atoms with E-state index in [0.29, 0.717) is 17.8 Å². The summed E-state index contributed by atoms with van der Waals surface area (Å²) in [5.41, 5.74) is 1.17. The van der Waals surface area contributed by atoms with Crippen molar-refractivity contribution in [2.75, 3.05) is 6.61 Å². The van der Waals surface area contributed by atoms with Crippen molar-refractivity contribution in [3.63, 3.8) is 0 Å². The Morgan fingerprint density at radius 1 is 1.30 bits per heavy atom. The lowest BCUT2D eigenvalue weighted by molar-refractivity contribution is -0.761. The van der Waals surface area contributed by atoms with Crippen LogP contribution in [-0.2, 0) is 9.63 Å². The van der Waals surface area contributed by atoms with E-state index in [-0.39, 0.29) is 35.2 Å². The van der Waals surface area contributed by atoms with Gasteiger partial charge in [-0.25, -0.2) is 0 Å². The number of allylic oxidation sites excluding steroid dienone is 1. The van der Waals surface area contributed by atoms with Gasteiger partial charge in [0.2, 0.25) is 0 Å². The number of hydrogen-bond acceptors (Lipinski definition) is 5. The average Bonchev–Trinajstić information content (AvgIpc) is 3.00. The second kappa shape index (κ2) is 6.57. The van der Waals surface area contributed by atoms with Crippen LogP contribution >= 0.6 is 0 Å². The largest absolute Gasteiger partial charge is 0.393 e. The van der Waals surface area contributed by atoms with Crippen molar-refractivity contribution in [3.8, 4) is 0 Å².